The van der Waals surface area contributed by atoms with Crippen LogP contribution in [0.15, 0.2) is 53.8 Å². The Labute approximate surface area is 189 Å². The molecule has 9 heteroatoms. The highest BCUT2D eigenvalue weighted by Crippen LogP contribution is 2.27. The van der Waals surface area contributed by atoms with Crippen LogP contribution in [0, 0.1) is 5.82 Å². The second kappa shape index (κ2) is 11.0. The smallest absolute Gasteiger partial charge is 0.271 e. The van der Waals surface area contributed by atoms with E-state index in [1.165, 1.54) is 24.0 Å². The second-order valence-corrected chi connectivity index (χ2v) is 7.77. The van der Waals surface area contributed by atoms with Crippen LogP contribution >= 0.6 is 23.4 Å². The SMILES string of the molecule is COc1ccc(CCNC(=O)c2nc(SCc3ccccc3F)ncc2Cl)cc1OC. The van der Waals surface area contributed by atoms with Crippen molar-refractivity contribution in [1.82, 2.24) is 15.3 Å². The number of hydrogen-bond acceptors (Lipinski definition) is 6. The number of ether oxygens (including phenoxy) is 2. The van der Waals surface area contributed by atoms with Gasteiger partial charge in [-0.1, -0.05) is 47.6 Å². The number of carbonyl (C=O) groups is 1. The molecule has 0 fully saturated rings. The summed E-state index contributed by atoms with van der Waals surface area (Å²) in [6, 6.07) is 12.1. The van der Waals surface area contributed by atoms with Gasteiger partial charge < -0.3 is 14.8 Å². The number of nitrogens with one attached hydrogen (secondary N) is 1. The van der Waals surface area contributed by atoms with E-state index < -0.39 is 5.91 Å². The minimum atomic E-state index is -0.402. The van der Waals surface area contributed by atoms with Crippen molar-refractivity contribution in [1.29, 1.82) is 0 Å². The standard InChI is InChI=1S/C22H21ClFN3O3S/c1-29-18-8-7-14(11-19(18)30-2)9-10-25-21(28)20-16(23)12-26-22(27-20)31-13-15-5-3-4-6-17(15)24/h3-8,11-12H,9-10,13H2,1-2H3,(H,25,28). The molecule has 0 unspecified atom stereocenters. The van der Waals surface area contributed by atoms with Crippen molar-refractivity contribution >= 4 is 29.3 Å². The second-order valence-electron chi connectivity index (χ2n) is 6.42. The summed E-state index contributed by atoms with van der Waals surface area (Å²) in [7, 11) is 3.15. The van der Waals surface area contributed by atoms with Gasteiger partial charge in [-0.2, -0.15) is 0 Å². The van der Waals surface area contributed by atoms with Gasteiger partial charge in [-0.05, 0) is 35.7 Å². The normalized spacial score (nSPS) is 10.6. The van der Waals surface area contributed by atoms with Gasteiger partial charge in [0.2, 0.25) is 0 Å². The minimum absolute atomic E-state index is 0.0833. The van der Waals surface area contributed by atoms with Crippen molar-refractivity contribution in [3.05, 3.63) is 76.3 Å². The van der Waals surface area contributed by atoms with Crippen molar-refractivity contribution in [2.24, 2.45) is 0 Å². The first-order valence-electron chi connectivity index (χ1n) is 9.39. The van der Waals surface area contributed by atoms with Crippen molar-refractivity contribution in [2.45, 2.75) is 17.3 Å². The molecule has 0 bridgehead atoms. The third-order valence-electron chi connectivity index (χ3n) is 4.40. The van der Waals surface area contributed by atoms with Crippen LogP contribution in [0.25, 0.3) is 0 Å². The van der Waals surface area contributed by atoms with Gasteiger partial charge in [0.15, 0.2) is 22.3 Å². The molecule has 0 saturated carbocycles. The van der Waals surface area contributed by atoms with Gasteiger partial charge in [0.1, 0.15) is 5.82 Å². The number of rotatable bonds is 9. The van der Waals surface area contributed by atoms with Crippen LogP contribution in [0.4, 0.5) is 4.39 Å². The van der Waals surface area contributed by atoms with Gasteiger partial charge in [-0.15, -0.1) is 0 Å². The van der Waals surface area contributed by atoms with E-state index in [2.05, 4.69) is 15.3 Å². The summed E-state index contributed by atoms with van der Waals surface area (Å²) in [5, 5.41) is 3.31. The number of amides is 1. The zero-order valence-electron chi connectivity index (χ0n) is 17.0. The fourth-order valence-electron chi connectivity index (χ4n) is 2.78. The van der Waals surface area contributed by atoms with Crippen LogP contribution in [-0.4, -0.2) is 36.6 Å². The van der Waals surface area contributed by atoms with E-state index >= 15 is 0 Å². The lowest BCUT2D eigenvalue weighted by Crippen LogP contribution is -2.27. The van der Waals surface area contributed by atoms with Crippen LogP contribution in [-0.2, 0) is 12.2 Å². The largest absolute Gasteiger partial charge is 0.493 e. The number of halogens is 2. The molecule has 2 aromatic carbocycles. The molecule has 0 aliphatic rings. The molecule has 162 valence electrons. The first kappa shape index (κ1) is 22.8. The average Bonchev–Trinajstić information content (AvgIpc) is 2.79. The maximum absolute atomic E-state index is 13.8. The summed E-state index contributed by atoms with van der Waals surface area (Å²) in [6.07, 6.45) is 1.96. The molecule has 0 saturated heterocycles. The molecule has 0 atom stereocenters. The number of aromatic nitrogens is 2. The molecule has 0 aliphatic heterocycles. The molecule has 0 spiro atoms. The fraction of sp³-hybridized carbons (Fsp3) is 0.227. The Morgan fingerprint density at radius 1 is 1.16 bits per heavy atom. The molecular formula is C22H21ClFN3O3S. The number of thioether (sulfide) groups is 1. The van der Waals surface area contributed by atoms with Crippen molar-refractivity contribution < 1.29 is 18.7 Å². The van der Waals surface area contributed by atoms with Crippen molar-refractivity contribution in [2.75, 3.05) is 20.8 Å². The summed E-state index contributed by atoms with van der Waals surface area (Å²) in [5.41, 5.74) is 1.60. The Hall–Kier alpha value is -2.84. The third kappa shape index (κ3) is 6.08. The Morgan fingerprint density at radius 2 is 1.94 bits per heavy atom. The monoisotopic (exact) mass is 461 g/mol. The average molecular weight is 462 g/mol. The molecule has 6 nitrogen and oxygen atoms in total. The van der Waals surface area contributed by atoms with Crippen LogP contribution < -0.4 is 14.8 Å². The van der Waals surface area contributed by atoms with E-state index in [4.69, 9.17) is 21.1 Å². The highest BCUT2D eigenvalue weighted by Gasteiger charge is 2.15. The highest BCUT2D eigenvalue weighted by molar-refractivity contribution is 7.98. The van der Waals surface area contributed by atoms with Crippen molar-refractivity contribution in [3.63, 3.8) is 0 Å². The molecule has 1 amide bonds. The van der Waals surface area contributed by atoms with Gasteiger partial charge in [0, 0.05) is 12.3 Å². The molecule has 1 aromatic heterocycles. The first-order valence-corrected chi connectivity index (χ1v) is 10.8. The van der Waals surface area contributed by atoms with E-state index in [1.807, 2.05) is 18.2 Å². The summed E-state index contributed by atoms with van der Waals surface area (Å²) >= 11 is 7.35. The Kier molecular flexibility index (Phi) is 8.08. The van der Waals surface area contributed by atoms with E-state index in [0.717, 1.165) is 5.56 Å². The van der Waals surface area contributed by atoms with E-state index in [0.29, 0.717) is 40.9 Å². The third-order valence-corrected chi connectivity index (χ3v) is 5.59. The van der Waals surface area contributed by atoms with E-state index in [1.54, 1.807) is 32.4 Å². The maximum Gasteiger partial charge on any atom is 0.271 e. The van der Waals surface area contributed by atoms with Crippen LogP contribution in [0.2, 0.25) is 5.02 Å². The number of methoxy groups -OCH3 is 2. The molecule has 0 radical (unpaired) electrons. The fourth-order valence-corrected chi connectivity index (χ4v) is 3.76. The number of carbonyl (C=O) groups excluding carboxylic acids is 1. The predicted octanol–water partition coefficient (Wildman–Crippen LogP) is 4.55. The topological polar surface area (TPSA) is 73.3 Å². The quantitative estimate of drug-likeness (QED) is 0.372. The molecular weight excluding hydrogens is 441 g/mol. The molecule has 31 heavy (non-hydrogen) atoms. The summed E-state index contributed by atoms with van der Waals surface area (Å²) in [5.74, 6) is 0.914. The van der Waals surface area contributed by atoms with Gasteiger partial charge in [0.05, 0.1) is 25.4 Å². The molecule has 3 aromatic rings. The Bertz CT molecular complexity index is 1070. The molecule has 1 heterocycles. The zero-order valence-corrected chi connectivity index (χ0v) is 18.6. The lowest BCUT2D eigenvalue weighted by atomic mass is 10.1. The Morgan fingerprint density at radius 3 is 2.68 bits per heavy atom. The minimum Gasteiger partial charge on any atom is -0.493 e. The van der Waals surface area contributed by atoms with Crippen molar-refractivity contribution in [3.8, 4) is 11.5 Å². The summed E-state index contributed by atoms with van der Waals surface area (Å²) in [4.78, 5) is 20.9. The van der Waals surface area contributed by atoms with Crippen LogP contribution in [0.3, 0.4) is 0 Å². The van der Waals surface area contributed by atoms with Gasteiger partial charge in [-0.3, -0.25) is 4.79 Å². The number of hydrogen-bond donors (Lipinski definition) is 1. The van der Waals surface area contributed by atoms with E-state index in [9.17, 15) is 9.18 Å². The van der Waals surface area contributed by atoms with Crippen LogP contribution in [0.5, 0.6) is 11.5 Å². The van der Waals surface area contributed by atoms with Gasteiger partial charge in [0.25, 0.3) is 5.91 Å². The number of nitrogens with zero attached hydrogens (tertiary/aromatic N) is 2. The molecule has 1 N–H and O–H groups in total. The van der Waals surface area contributed by atoms with Crippen LogP contribution in [0.1, 0.15) is 21.6 Å². The predicted molar refractivity (Wildman–Crippen MR) is 119 cm³/mol. The number of benzene rings is 2. The summed E-state index contributed by atoms with van der Waals surface area (Å²) in [6.45, 7) is 0.381. The lowest BCUT2D eigenvalue weighted by Gasteiger charge is -2.10. The van der Waals surface area contributed by atoms with E-state index in [-0.39, 0.29) is 16.5 Å². The highest BCUT2D eigenvalue weighted by atomic mass is 35.5. The lowest BCUT2D eigenvalue weighted by molar-refractivity contribution is 0.0948. The summed E-state index contributed by atoms with van der Waals surface area (Å²) < 4.78 is 24.3. The Balaban J connectivity index is 1.60. The maximum atomic E-state index is 13.8. The first-order chi connectivity index (χ1) is 15.0. The molecule has 0 aliphatic carbocycles. The zero-order chi connectivity index (χ0) is 22.2. The molecule has 3 rings (SSSR count). The van der Waals surface area contributed by atoms with Gasteiger partial charge in [-0.25, -0.2) is 14.4 Å². The van der Waals surface area contributed by atoms with Gasteiger partial charge >= 0.3 is 0 Å².